The molecule has 1 atom stereocenters. The van der Waals surface area contributed by atoms with E-state index in [1.54, 1.807) is 13.0 Å². The highest BCUT2D eigenvalue weighted by Gasteiger charge is 2.22. The van der Waals surface area contributed by atoms with E-state index in [1.165, 1.54) is 6.07 Å². The molecule has 5 heteroatoms. The van der Waals surface area contributed by atoms with E-state index in [0.717, 1.165) is 24.0 Å². The van der Waals surface area contributed by atoms with Gasteiger partial charge in [-0.05, 0) is 36.1 Å². The Labute approximate surface area is 107 Å². The van der Waals surface area contributed by atoms with Gasteiger partial charge in [-0.2, -0.15) is 0 Å². The minimum Gasteiger partial charge on any atom is -0.309 e. The Morgan fingerprint density at radius 1 is 1.44 bits per heavy atom. The van der Waals surface area contributed by atoms with E-state index in [-0.39, 0.29) is 23.4 Å². The first kappa shape index (κ1) is 13.5. The number of hydrogen-bond donors (Lipinski definition) is 1. The van der Waals surface area contributed by atoms with Crippen LogP contribution in [0, 0.1) is 5.82 Å². The van der Waals surface area contributed by atoms with Crippen LogP contribution in [0.15, 0.2) is 18.2 Å². The molecule has 0 amide bonds. The van der Waals surface area contributed by atoms with E-state index in [2.05, 4.69) is 5.32 Å². The molecule has 2 rings (SSSR count). The van der Waals surface area contributed by atoms with E-state index in [4.69, 9.17) is 0 Å². The summed E-state index contributed by atoms with van der Waals surface area (Å²) >= 11 is 0. The number of halogens is 1. The highest BCUT2D eigenvalue weighted by atomic mass is 32.2. The lowest BCUT2D eigenvalue weighted by atomic mass is 10.1. The Morgan fingerprint density at radius 3 is 2.94 bits per heavy atom. The van der Waals surface area contributed by atoms with E-state index < -0.39 is 9.84 Å². The Bertz CT molecular complexity index is 528. The van der Waals surface area contributed by atoms with Gasteiger partial charge in [-0.1, -0.05) is 13.0 Å². The molecule has 0 fully saturated rings. The zero-order valence-electron chi connectivity index (χ0n) is 10.4. The smallest absolute Gasteiger partial charge is 0.151 e. The highest BCUT2D eigenvalue weighted by molar-refractivity contribution is 7.91. The van der Waals surface area contributed by atoms with Crippen molar-refractivity contribution in [3.63, 3.8) is 0 Å². The Kier molecular flexibility index (Phi) is 4.02. The molecule has 100 valence electrons. The van der Waals surface area contributed by atoms with Crippen molar-refractivity contribution in [3.05, 3.63) is 35.1 Å². The lowest BCUT2D eigenvalue weighted by Gasteiger charge is -2.13. The molecule has 0 saturated heterocycles. The molecular weight excluding hydrogens is 253 g/mol. The number of rotatable bonds is 5. The fourth-order valence-corrected chi connectivity index (χ4v) is 3.04. The Morgan fingerprint density at radius 2 is 2.22 bits per heavy atom. The summed E-state index contributed by atoms with van der Waals surface area (Å²) in [4.78, 5) is 0. The monoisotopic (exact) mass is 271 g/mol. The lowest BCUT2D eigenvalue weighted by Crippen LogP contribution is -2.26. The fourth-order valence-electron chi connectivity index (χ4n) is 2.32. The third-order valence-corrected chi connectivity index (χ3v) is 5.14. The van der Waals surface area contributed by atoms with E-state index in [0.29, 0.717) is 6.54 Å². The minimum absolute atomic E-state index is 0.0859. The Hall–Kier alpha value is -0.940. The third kappa shape index (κ3) is 3.09. The summed E-state index contributed by atoms with van der Waals surface area (Å²) in [6.07, 6.45) is 1.83. The second-order valence-corrected chi connectivity index (χ2v) is 7.10. The fraction of sp³-hybridized carbons (Fsp3) is 0.538. The molecule has 1 aromatic carbocycles. The van der Waals surface area contributed by atoms with Crippen LogP contribution in [0.1, 0.15) is 30.5 Å². The van der Waals surface area contributed by atoms with Crippen LogP contribution in [-0.2, 0) is 16.3 Å². The zero-order valence-corrected chi connectivity index (χ0v) is 11.3. The summed E-state index contributed by atoms with van der Waals surface area (Å²) < 4.78 is 35.9. The average molecular weight is 271 g/mol. The van der Waals surface area contributed by atoms with Gasteiger partial charge in [0.2, 0.25) is 0 Å². The summed E-state index contributed by atoms with van der Waals surface area (Å²) in [5.41, 5.74) is 2.14. The van der Waals surface area contributed by atoms with Gasteiger partial charge in [0.05, 0.1) is 5.75 Å². The van der Waals surface area contributed by atoms with Crippen LogP contribution in [-0.4, -0.2) is 26.5 Å². The molecule has 0 heterocycles. The van der Waals surface area contributed by atoms with Gasteiger partial charge in [0.15, 0.2) is 9.84 Å². The van der Waals surface area contributed by atoms with Gasteiger partial charge in [0.1, 0.15) is 5.82 Å². The molecule has 0 saturated carbocycles. The standard InChI is InChI=1S/C13H18FNO2S/c1-2-18(16,17)8-7-15-13-6-4-10-3-5-11(14)9-12(10)13/h3,5,9,13,15H,2,4,6-8H2,1H3/t13-/m1/s1. The van der Waals surface area contributed by atoms with Crippen molar-refractivity contribution >= 4 is 9.84 Å². The van der Waals surface area contributed by atoms with Crippen molar-refractivity contribution in [2.75, 3.05) is 18.1 Å². The molecule has 0 bridgehead atoms. The number of aryl methyl sites for hydroxylation is 1. The van der Waals surface area contributed by atoms with Gasteiger partial charge < -0.3 is 5.32 Å². The van der Waals surface area contributed by atoms with Crippen molar-refractivity contribution in [3.8, 4) is 0 Å². The van der Waals surface area contributed by atoms with E-state index >= 15 is 0 Å². The first-order valence-corrected chi connectivity index (χ1v) is 8.06. The molecular formula is C13H18FNO2S. The molecule has 1 aliphatic carbocycles. The SMILES string of the molecule is CCS(=O)(=O)CCN[C@@H]1CCc2ccc(F)cc21. The van der Waals surface area contributed by atoms with Gasteiger partial charge in [-0.15, -0.1) is 0 Å². The van der Waals surface area contributed by atoms with Crippen LogP contribution in [0.2, 0.25) is 0 Å². The highest BCUT2D eigenvalue weighted by Crippen LogP contribution is 2.31. The van der Waals surface area contributed by atoms with Gasteiger partial charge in [-0.25, -0.2) is 12.8 Å². The van der Waals surface area contributed by atoms with E-state index in [9.17, 15) is 12.8 Å². The van der Waals surface area contributed by atoms with Crippen LogP contribution >= 0.6 is 0 Å². The number of sulfone groups is 1. The molecule has 0 unspecified atom stereocenters. The zero-order chi connectivity index (χ0) is 13.2. The van der Waals surface area contributed by atoms with Crippen molar-refractivity contribution in [2.45, 2.75) is 25.8 Å². The largest absolute Gasteiger partial charge is 0.309 e. The van der Waals surface area contributed by atoms with Crippen LogP contribution in [0.25, 0.3) is 0 Å². The molecule has 0 aliphatic heterocycles. The van der Waals surface area contributed by atoms with Gasteiger partial charge in [0, 0.05) is 18.3 Å². The lowest BCUT2D eigenvalue weighted by molar-refractivity contribution is 0.538. The number of benzene rings is 1. The second-order valence-electron chi connectivity index (χ2n) is 4.62. The van der Waals surface area contributed by atoms with Crippen LogP contribution in [0.3, 0.4) is 0 Å². The summed E-state index contributed by atoms with van der Waals surface area (Å²) in [5, 5.41) is 3.21. The van der Waals surface area contributed by atoms with Crippen molar-refractivity contribution < 1.29 is 12.8 Å². The molecule has 1 aliphatic rings. The molecule has 0 radical (unpaired) electrons. The summed E-state index contributed by atoms with van der Waals surface area (Å²) in [6, 6.07) is 4.93. The third-order valence-electron chi connectivity index (χ3n) is 3.43. The van der Waals surface area contributed by atoms with Gasteiger partial charge in [0.25, 0.3) is 0 Å². The minimum atomic E-state index is -2.93. The van der Waals surface area contributed by atoms with Crippen LogP contribution < -0.4 is 5.32 Å². The molecule has 1 aromatic rings. The molecule has 1 N–H and O–H groups in total. The quantitative estimate of drug-likeness (QED) is 0.889. The number of nitrogens with one attached hydrogen (secondary N) is 1. The summed E-state index contributed by atoms with van der Waals surface area (Å²) in [5.74, 6) is 0.0819. The normalized spacial score (nSPS) is 18.9. The van der Waals surface area contributed by atoms with Crippen molar-refractivity contribution in [1.82, 2.24) is 5.32 Å². The molecule has 3 nitrogen and oxygen atoms in total. The predicted octanol–water partition coefficient (Wildman–Crippen LogP) is 1.84. The molecule has 0 aromatic heterocycles. The summed E-state index contributed by atoms with van der Waals surface area (Å²) in [6.45, 7) is 2.08. The second kappa shape index (κ2) is 5.36. The van der Waals surface area contributed by atoms with Crippen molar-refractivity contribution in [2.24, 2.45) is 0 Å². The first-order valence-electron chi connectivity index (χ1n) is 6.24. The summed E-state index contributed by atoms with van der Waals surface area (Å²) in [7, 11) is -2.93. The molecule has 18 heavy (non-hydrogen) atoms. The first-order chi connectivity index (χ1) is 8.52. The number of hydrogen-bond acceptors (Lipinski definition) is 3. The van der Waals surface area contributed by atoms with Crippen molar-refractivity contribution in [1.29, 1.82) is 0 Å². The maximum Gasteiger partial charge on any atom is 0.151 e. The van der Waals surface area contributed by atoms with Gasteiger partial charge >= 0.3 is 0 Å². The van der Waals surface area contributed by atoms with E-state index in [1.807, 2.05) is 6.07 Å². The van der Waals surface area contributed by atoms with Crippen LogP contribution in [0.5, 0.6) is 0 Å². The average Bonchev–Trinajstić information content (AvgIpc) is 2.72. The van der Waals surface area contributed by atoms with Gasteiger partial charge in [-0.3, -0.25) is 0 Å². The maximum absolute atomic E-state index is 13.2. The maximum atomic E-state index is 13.2. The number of fused-ring (bicyclic) bond motifs is 1. The Balaban J connectivity index is 1.96. The predicted molar refractivity (Wildman–Crippen MR) is 69.8 cm³/mol. The van der Waals surface area contributed by atoms with Crippen LogP contribution in [0.4, 0.5) is 4.39 Å². The topological polar surface area (TPSA) is 46.2 Å². The molecule has 0 spiro atoms.